The number of hydrogen-bond donors (Lipinski definition) is 0. The van der Waals surface area contributed by atoms with Crippen LogP contribution in [0, 0.1) is 6.92 Å². The maximum atomic E-state index is 13.2. The molecule has 4 nitrogen and oxygen atoms in total. The Labute approximate surface area is 133 Å². The van der Waals surface area contributed by atoms with Crippen LogP contribution in [0.5, 0.6) is 5.75 Å². The summed E-state index contributed by atoms with van der Waals surface area (Å²) in [5.41, 5.74) is 0.740. The molecule has 0 amide bonds. The number of benzene rings is 2. The van der Waals surface area contributed by atoms with Crippen LogP contribution in [0.15, 0.2) is 59.5 Å². The zero-order chi connectivity index (χ0) is 17.0. The molecular formula is C16H14F2O4S. The molecule has 0 aliphatic carbocycles. The number of methoxy groups -OCH3 is 1. The van der Waals surface area contributed by atoms with Gasteiger partial charge in [-0.3, -0.25) is 0 Å². The van der Waals surface area contributed by atoms with Gasteiger partial charge in [0.2, 0.25) is 5.76 Å². The SMILES string of the molecule is COc1cccc(C(OS(=O)(=O)c2ccc(C)cc2)=C(F)F)c1. The van der Waals surface area contributed by atoms with Crippen LogP contribution in [-0.4, -0.2) is 15.5 Å². The average molecular weight is 340 g/mol. The minimum atomic E-state index is -4.37. The van der Waals surface area contributed by atoms with Gasteiger partial charge in [0.05, 0.1) is 7.11 Å². The molecule has 7 heteroatoms. The summed E-state index contributed by atoms with van der Waals surface area (Å²) in [5, 5.41) is 0. The highest BCUT2D eigenvalue weighted by Gasteiger charge is 2.23. The Bertz CT molecular complexity index is 823. The molecule has 0 unspecified atom stereocenters. The summed E-state index contributed by atoms with van der Waals surface area (Å²) in [6, 6.07) is 11.3. The van der Waals surface area contributed by atoms with Crippen LogP contribution in [0.25, 0.3) is 5.76 Å². The second-order valence-corrected chi connectivity index (χ2v) is 6.22. The first-order chi connectivity index (χ1) is 10.8. The Hall–Kier alpha value is -2.41. The fourth-order valence-corrected chi connectivity index (χ4v) is 2.76. The van der Waals surface area contributed by atoms with Crippen molar-refractivity contribution in [2.75, 3.05) is 7.11 Å². The molecule has 0 heterocycles. The predicted molar refractivity (Wildman–Crippen MR) is 81.6 cm³/mol. The fourth-order valence-electron chi connectivity index (χ4n) is 1.82. The summed E-state index contributed by atoms with van der Waals surface area (Å²) < 4.78 is 60.3. The van der Waals surface area contributed by atoms with Crippen LogP contribution < -0.4 is 4.74 Å². The molecular weight excluding hydrogens is 326 g/mol. The van der Waals surface area contributed by atoms with Crippen molar-refractivity contribution in [3.05, 3.63) is 65.7 Å². The lowest BCUT2D eigenvalue weighted by molar-refractivity contribution is 0.381. The van der Waals surface area contributed by atoms with Crippen LogP contribution in [-0.2, 0) is 14.3 Å². The van der Waals surface area contributed by atoms with Crippen molar-refractivity contribution >= 4 is 15.9 Å². The second kappa shape index (κ2) is 6.78. The lowest BCUT2D eigenvalue weighted by Crippen LogP contribution is -2.07. The number of aryl methyl sites for hydroxylation is 1. The lowest BCUT2D eigenvalue weighted by atomic mass is 10.2. The number of halogens is 2. The Morgan fingerprint density at radius 2 is 1.70 bits per heavy atom. The quantitative estimate of drug-likeness (QED) is 0.610. The molecule has 122 valence electrons. The van der Waals surface area contributed by atoms with Gasteiger partial charge in [-0.15, -0.1) is 0 Å². The van der Waals surface area contributed by atoms with Gasteiger partial charge in [-0.2, -0.15) is 17.2 Å². The third kappa shape index (κ3) is 4.07. The van der Waals surface area contributed by atoms with E-state index in [0.29, 0.717) is 5.75 Å². The third-order valence-corrected chi connectivity index (χ3v) is 4.24. The third-order valence-electron chi connectivity index (χ3n) is 3.01. The van der Waals surface area contributed by atoms with Gasteiger partial charge >= 0.3 is 16.2 Å². The molecule has 0 atom stereocenters. The van der Waals surface area contributed by atoms with E-state index in [2.05, 4.69) is 4.18 Å². The van der Waals surface area contributed by atoms with Gasteiger partial charge in [0.15, 0.2) is 0 Å². The van der Waals surface area contributed by atoms with Crippen molar-refractivity contribution in [2.45, 2.75) is 11.8 Å². The molecule has 23 heavy (non-hydrogen) atoms. The van der Waals surface area contributed by atoms with E-state index in [1.54, 1.807) is 25.1 Å². The van der Waals surface area contributed by atoms with E-state index in [1.165, 1.54) is 37.4 Å². The maximum absolute atomic E-state index is 13.2. The number of hydrogen-bond acceptors (Lipinski definition) is 4. The molecule has 0 fully saturated rings. The summed E-state index contributed by atoms with van der Waals surface area (Å²) in [6.07, 6.45) is -2.24. The molecule has 0 aliphatic rings. The Morgan fingerprint density at radius 3 is 2.26 bits per heavy atom. The number of ether oxygens (including phenoxy) is 1. The van der Waals surface area contributed by atoms with E-state index in [-0.39, 0.29) is 10.5 Å². The smallest absolute Gasteiger partial charge is 0.339 e. The van der Waals surface area contributed by atoms with Crippen molar-refractivity contribution in [2.24, 2.45) is 0 Å². The van der Waals surface area contributed by atoms with E-state index in [4.69, 9.17) is 4.74 Å². The highest BCUT2D eigenvalue weighted by atomic mass is 32.2. The molecule has 0 radical (unpaired) electrons. The molecule has 2 aromatic carbocycles. The van der Waals surface area contributed by atoms with Crippen molar-refractivity contribution in [3.8, 4) is 5.75 Å². The van der Waals surface area contributed by atoms with Crippen LogP contribution in [0.2, 0.25) is 0 Å². The highest BCUT2D eigenvalue weighted by Crippen LogP contribution is 2.29. The molecule has 0 saturated carbocycles. The molecule has 0 spiro atoms. The van der Waals surface area contributed by atoms with Gasteiger partial charge < -0.3 is 8.92 Å². The van der Waals surface area contributed by atoms with E-state index in [9.17, 15) is 17.2 Å². The zero-order valence-electron chi connectivity index (χ0n) is 12.4. The summed E-state index contributed by atoms with van der Waals surface area (Å²) in [6.45, 7) is 1.78. The summed E-state index contributed by atoms with van der Waals surface area (Å²) in [7, 11) is -2.99. The summed E-state index contributed by atoms with van der Waals surface area (Å²) in [4.78, 5) is -0.204. The molecule has 2 aromatic rings. The Balaban J connectivity index is 2.40. The fraction of sp³-hybridized carbons (Fsp3) is 0.125. The van der Waals surface area contributed by atoms with E-state index >= 15 is 0 Å². The van der Waals surface area contributed by atoms with Crippen LogP contribution in [0.4, 0.5) is 8.78 Å². The first-order valence-electron chi connectivity index (χ1n) is 6.54. The van der Waals surface area contributed by atoms with Gasteiger partial charge in [-0.05, 0) is 31.2 Å². The topological polar surface area (TPSA) is 52.6 Å². The first-order valence-corrected chi connectivity index (χ1v) is 7.95. The Kier molecular flexibility index (Phi) is 5.00. The Morgan fingerprint density at radius 1 is 1.04 bits per heavy atom. The maximum Gasteiger partial charge on any atom is 0.339 e. The summed E-state index contributed by atoms with van der Waals surface area (Å²) >= 11 is 0. The second-order valence-electron chi connectivity index (χ2n) is 4.67. The minimum Gasteiger partial charge on any atom is -0.497 e. The van der Waals surface area contributed by atoms with Crippen molar-refractivity contribution in [1.82, 2.24) is 0 Å². The van der Waals surface area contributed by atoms with Crippen LogP contribution in [0.3, 0.4) is 0 Å². The van der Waals surface area contributed by atoms with Crippen LogP contribution >= 0.6 is 0 Å². The van der Waals surface area contributed by atoms with Crippen molar-refractivity contribution in [1.29, 1.82) is 0 Å². The van der Waals surface area contributed by atoms with Gasteiger partial charge in [0.1, 0.15) is 10.6 Å². The minimum absolute atomic E-state index is 0.0972. The zero-order valence-corrected chi connectivity index (χ0v) is 13.2. The normalized spacial score (nSPS) is 11.0. The van der Waals surface area contributed by atoms with E-state index in [1.807, 2.05) is 0 Å². The van der Waals surface area contributed by atoms with Crippen molar-refractivity contribution in [3.63, 3.8) is 0 Å². The van der Waals surface area contributed by atoms with Gasteiger partial charge in [0, 0.05) is 5.56 Å². The van der Waals surface area contributed by atoms with Crippen LogP contribution in [0.1, 0.15) is 11.1 Å². The van der Waals surface area contributed by atoms with Gasteiger partial charge in [-0.25, -0.2) is 0 Å². The van der Waals surface area contributed by atoms with E-state index in [0.717, 1.165) is 5.56 Å². The first kappa shape index (κ1) is 17.0. The highest BCUT2D eigenvalue weighted by molar-refractivity contribution is 7.87. The standard InChI is InChI=1S/C16H14F2O4S/c1-11-6-8-14(9-7-11)23(19,20)22-15(16(17)18)12-4-3-5-13(10-12)21-2/h3-10H,1-2H3. The van der Waals surface area contributed by atoms with Crippen molar-refractivity contribution < 1.29 is 26.1 Å². The lowest BCUT2D eigenvalue weighted by Gasteiger charge is -2.11. The largest absolute Gasteiger partial charge is 0.497 e. The monoisotopic (exact) mass is 340 g/mol. The number of rotatable bonds is 5. The van der Waals surface area contributed by atoms with E-state index < -0.39 is 22.0 Å². The molecule has 0 aromatic heterocycles. The average Bonchev–Trinajstić information content (AvgIpc) is 2.53. The summed E-state index contributed by atoms with van der Waals surface area (Å²) in [5.74, 6) is -0.720. The molecule has 2 rings (SSSR count). The molecule has 0 N–H and O–H groups in total. The predicted octanol–water partition coefficient (Wildman–Crippen LogP) is 3.97. The van der Waals surface area contributed by atoms with Gasteiger partial charge in [-0.1, -0.05) is 29.8 Å². The molecule has 0 aliphatic heterocycles. The molecule has 0 saturated heterocycles. The molecule has 0 bridgehead atoms. The van der Waals surface area contributed by atoms with Gasteiger partial charge in [0.25, 0.3) is 0 Å².